The lowest BCUT2D eigenvalue weighted by molar-refractivity contribution is 0.486. The maximum atomic E-state index is 10.2. The second-order valence-electron chi connectivity index (χ2n) is 1.74. The number of aromatic nitrogens is 4. The van der Waals surface area contributed by atoms with Crippen LogP contribution in [-0.4, -0.2) is 39.3 Å². The number of thioether (sulfide) groups is 1. The average Bonchev–Trinajstić information content (AvgIpc) is 2.36. The van der Waals surface area contributed by atoms with Gasteiger partial charge in [0.05, 0.1) is 5.75 Å². The van der Waals surface area contributed by atoms with Crippen molar-refractivity contribution in [2.75, 3.05) is 5.75 Å². The zero-order valence-corrected chi connectivity index (χ0v) is 7.34. The molecule has 0 atom stereocenters. The summed E-state index contributed by atoms with van der Waals surface area (Å²) in [6, 6.07) is 0. The van der Waals surface area contributed by atoms with E-state index >= 15 is 0 Å². The molecule has 0 spiro atoms. The Hall–Kier alpha value is -0.670. The predicted octanol–water partition coefficient (Wildman–Crippen LogP) is -0.659. The quantitative estimate of drug-likeness (QED) is 0.500. The smallest absolute Gasteiger partial charge is 0.266 e. The molecule has 0 unspecified atom stereocenters. The summed E-state index contributed by atoms with van der Waals surface area (Å²) < 4.78 is 28.7. The number of rotatable bonds is 4. The summed E-state index contributed by atoms with van der Waals surface area (Å²) in [7, 11) is -3.94. The lowest BCUT2D eigenvalue weighted by Gasteiger charge is -1.92. The second-order valence-corrected chi connectivity index (χ2v) is 4.19. The first-order valence-electron chi connectivity index (χ1n) is 2.75. The zero-order chi connectivity index (χ0) is 9.03. The summed E-state index contributed by atoms with van der Waals surface area (Å²) in [5, 5.41) is 12.8. The van der Waals surface area contributed by atoms with Gasteiger partial charge in [0.2, 0.25) is 5.16 Å². The van der Waals surface area contributed by atoms with Gasteiger partial charge in [-0.25, -0.2) is 5.10 Å². The van der Waals surface area contributed by atoms with Gasteiger partial charge in [-0.15, -0.1) is 5.10 Å². The molecular weight excluding hydrogens is 204 g/mol. The van der Waals surface area contributed by atoms with Gasteiger partial charge in [-0.3, -0.25) is 4.55 Å². The molecule has 0 amide bonds. The molecule has 0 aliphatic rings. The van der Waals surface area contributed by atoms with Gasteiger partial charge in [-0.05, 0) is 10.4 Å². The van der Waals surface area contributed by atoms with Crippen molar-refractivity contribution in [1.82, 2.24) is 20.6 Å². The fraction of sp³-hybridized carbons (Fsp3) is 0.333. The van der Waals surface area contributed by atoms with Crippen LogP contribution in [0.25, 0.3) is 0 Å². The highest BCUT2D eigenvalue weighted by Crippen LogP contribution is 2.14. The van der Waals surface area contributed by atoms with Crippen LogP contribution in [0.2, 0.25) is 0 Å². The first-order valence-corrected chi connectivity index (χ1v) is 5.24. The molecule has 67 valence electrons. The molecule has 0 bridgehead atoms. The largest absolute Gasteiger partial charge is 0.286 e. The molecule has 7 nitrogen and oxygen atoms in total. The maximum absolute atomic E-state index is 10.2. The molecule has 0 fully saturated rings. The van der Waals surface area contributed by atoms with Gasteiger partial charge in [0.25, 0.3) is 10.1 Å². The van der Waals surface area contributed by atoms with E-state index in [0.29, 0.717) is 5.16 Å². The van der Waals surface area contributed by atoms with Gasteiger partial charge >= 0.3 is 0 Å². The molecule has 0 aromatic carbocycles. The first kappa shape index (κ1) is 9.42. The van der Waals surface area contributed by atoms with E-state index in [4.69, 9.17) is 4.55 Å². The van der Waals surface area contributed by atoms with Crippen molar-refractivity contribution < 1.29 is 13.0 Å². The highest BCUT2D eigenvalue weighted by molar-refractivity contribution is 8.02. The van der Waals surface area contributed by atoms with Gasteiger partial charge in [0.15, 0.2) is 0 Å². The minimum absolute atomic E-state index is 0.374. The monoisotopic (exact) mass is 209 g/mol. The Bertz CT molecular complexity index is 319. The van der Waals surface area contributed by atoms with E-state index in [2.05, 4.69) is 20.6 Å². The molecule has 12 heavy (non-hydrogen) atoms. The van der Waals surface area contributed by atoms with Crippen molar-refractivity contribution >= 4 is 21.9 Å². The van der Waals surface area contributed by atoms with Crippen molar-refractivity contribution in [3.63, 3.8) is 0 Å². The standard InChI is InChI=1S/C3H5N4O3S2/c8-12(9,10)2-1-11-3-4-6-7-5-3/h1H,2H2,(H,8,9,10)(H,4,5,6,7). The van der Waals surface area contributed by atoms with Gasteiger partial charge < -0.3 is 0 Å². The van der Waals surface area contributed by atoms with E-state index in [9.17, 15) is 8.42 Å². The van der Waals surface area contributed by atoms with Crippen LogP contribution in [-0.2, 0) is 10.1 Å². The lowest BCUT2D eigenvalue weighted by atomic mass is 11.0. The maximum Gasteiger partial charge on any atom is 0.266 e. The van der Waals surface area contributed by atoms with Crippen LogP contribution in [0.1, 0.15) is 0 Å². The number of tetrazole rings is 1. The van der Waals surface area contributed by atoms with Crippen LogP contribution in [0, 0.1) is 5.75 Å². The number of aromatic amines is 1. The topological polar surface area (TPSA) is 109 Å². The van der Waals surface area contributed by atoms with Crippen LogP contribution in [0.15, 0.2) is 5.16 Å². The minimum Gasteiger partial charge on any atom is -0.286 e. The molecule has 1 heterocycles. The highest BCUT2D eigenvalue weighted by atomic mass is 32.2. The predicted molar refractivity (Wildman–Crippen MR) is 40.8 cm³/mol. The molecule has 1 radical (unpaired) electrons. The summed E-state index contributed by atoms with van der Waals surface area (Å²) >= 11 is 0.998. The van der Waals surface area contributed by atoms with Gasteiger partial charge in [-0.2, -0.15) is 8.42 Å². The van der Waals surface area contributed by atoms with Gasteiger partial charge in [0.1, 0.15) is 0 Å². The minimum atomic E-state index is -3.94. The zero-order valence-electron chi connectivity index (χ0n) is 5.71. The molecule has 0 saturated carbocycles. The van der Waals surface area contributed by atoms with Gasteiger partial charge in [-0.1, -0.05) is 11.8 Å². The van der Waals surface area contributed by atoms with E-state index in [1.807, 2.05) is 0 Å². The van der Waals surface area contributed by atoms with E-state index in [1.165, 1.54) is 5.75 Å². The van der Waals surface area contributed by atoms with E-state index in [-0.39, 0.29) is 0 Å². The van der Waals surface area contributed by atoms with Crippen LogP contribution in [0.5, 0.6) is 0 Å². The third kappa shape index (κ3) is 3.64. The third-order valence-electron chi connectivity index (χ3n) is 0.800. The van der Waals surface area contributed by atoms with Crippen LogP contribution >= 0.6 is 11.8 Å². The Morgan fingerprint density at radius 2 is 2.42 bits per heavy atom. The number of hydrogen-bond donors (Lipinski definition) is 2. The van der Waals surface area contributed by atoms with E-state index in [0.717, 1.165) is 11.8 Å². The fourth-order valence-corrected chi connectivity index (χ4v) is 1.69. The number of H-pyrrole nitrogens is 1. The molecular formula is C3H5N4O3S2. The summed E-state index contributed by atoms with van der Waals surface area (Å²) in [4.78, 5) is 0. The van der Waals surface area contributed by atoms with Crippen LogP contribution < -0.4 is 0 Å². The normalized spacial score (nSPS) is 11.8. The lowest BCUT2D eigenvalue weighted by Crippen LogP contribution is -2.02. The van der Waals surface area contributed by atoms with Crippen molar-refractivity contribution in [3.05, 3.63) is 5.75 Å². The first-order chi connectivity index (χ1) is 5.58. The van der Waals surface area contributed by atoms with E-state index in [1.54, 1.807) is 0 Å². The number of hydrogen-bond acceptors (Lipinski definition) is 6. The van der Waals surface area contributed by atoms with Crippen molar-refractivity contribution in [2.24, 2.45) is 0 Å². The molecule has 1 aromatic heterocycles. The molecule has 0 aliphatic heterocycles. The van der Waals surface area contributed by atoms with Crippen LogP contribution in [0.4, 0.5) is 0 Å². The molecule has 0 aliphatic carbocycles. The third-order valence-corrected chi connectivity index (χ3v) is 2.33. The molecule has 0 saturated heterocycles. The highest BCUT2D eigenvalue weighted by Gasteiger charge is 2.06. The van der Waals surface area contributed by atoms with Crippen molar-refractivity contribution in [3.8, 4) is 0 Å². The fourth-order valence-electron chi connectivity index (χ4n) is 0.399. The van der Waals surface area contributed by atoms with E-state index < -0.39 is 15.9 Å². The summed E-state index contributed by atoms with van der Waals surface area (Å²) in [6.45, 7) is 0. The number of nitrogens with one attached hydrogen (secondary N) is 1. The van der Waals surface area contributed by atoms with Crippen LogP contribution in [0.3, 0.4) is 0 Å². The van der Waals surface area contributed by atoms with Gasteiger partial charge in [0, 0.05) is 5.75 Å². The summed E-state index contributed by atoms with van der Waals surface area (Å²) in [5.41, 5.74) is 0. The summed E-state index contributed by atoms with van der Waals surface area (Å²) in [6.07, 6.45) is 0. The Morgan fingerprint density at radius 1 is 1.67 bits per heavy atom. The Kier molecular flexibility index (Phi) is 3.00. The molecule has 2 N–H and O–H groups in total. The Labute approximate surface area is 72.7 Å². The summed E-state index contributed by atoms with van der Waals surface area (Å²) in [5.74, 6) is 0.843. The SMILES string of the molecule is O=S(=O)(O)C[CH]Sc1nnn[nH]1. The number of nitrogens with zero attached hydrogens (tertiary/aromatic N) is 3. The molecule has 9 heteroatoms. The average molecular weight is 209 g/mol. The van der Waals surface area contributed by atoms with Crippen molar-refractivity contribution in [2.45, 2.75) is 5.16 Å². The Morgan fingerprint density at radius 3 is 2.92 bits per heavy atom. The van der Waals surface area contributed by atoms with Crippen molar-refractivity contribution in [1.29, 1.82) is 0 Å². The molecule has 1 aromatic rings. The second kappa shape index (κ2) is 3.83. The molecule has 1 rings (SSSR count). The Balaban J connectivity index is 2.29.